The van der Waals surface area contributed by atoms with Crippen LogP contribution < -0.4 is 4.74 Å². The van der Waals surface area contributed by atoms with Crippen LogP contribution in [-0.4, -0.2) is 16.1 Å². The smallest absolute Gasteiger partial charge is 0.164 e. The average Bonchev–Trinajstić information content (AvgIpc) is 3.35. The number of para-hydroxylation sites is 2. The van der Waals surface area contributed by atoms with Gasteiger partial charge in [-0.25, -0.2) is 9.97 Å². The zero-order valence-electron chi connectivity index (χ0n) is 22.9. The summed E-state index contributed by atoms with van der Waals surface area (Å²) in [6, 6.07) is 42.9. The molecule has 3 aliphatic rings. The van der Waals surface area contributed by atoms with E-state index in [2.05, 4.69) is 127 Å². The van der Waals surface area contributed by atoms with Crippen molar-refractivity contribution in [2.45, 2.75) is 17.9 Å². The number of rotatable bonds is 2. The summed E-state index contributed by atoms with van der Waals surface area (Å²) in [6.45, 7) is 0. The van der Waals surface area contributed by atoms with Gasteiger partial charge in [-0.15, -0.1) is 0 Å². The van der Waals surface area contributed by atoms with E-state index in [-0.39, 0.29) is 6.10 Å². The van der Waals surface area contributed by atoms with E-state index in [1.165, 1.54) is 27.8 Å². The summed E-state index contributed by atoms with van der Waals surface area (Å²) in [7, 11) is 0. The Morgan fingerprint density at radius 2 is 1.29 bits per heavy atom. The number of nitrogens with zero attached hydrogens (tertiary/aromatic N) is 2. The van der Waals surface area contributed by atoms with E-state index in [4.69, 9.17) is 14.7 Å². The van der Waals surface area contributed by atoms with Crippen LogP contribution in [0, 0.1) is 0 Å². The molecule has 198 valence electrons. The number of ether oxygens (including phenoxy) is 1. The van der Waals surface area contributed by atoms with Gasteiger partial charge >= 0.3 is 0 Å². The van der Waals surface area contributed by atoms with Crippen LogP contribution in [-0.2, 0) is 5.41 Å². The molecule has 0 saturated heterocycles. The Kier molecular flexibility index (Phi) is 4.94. The molecule has 1 atom stereocenters. The van der Waals surface area contributed by atoms with Gasteiger partial charge in [0.15, 0.2) is 5.82 Å². The molecule has 1 aliphatic heterocycles. The summed E-state index contributed by atoms with van der Waals surface area (Å²) < 4.78 is 7.00. The molecule has 5 aromatic carbocycles. The maximum Gasteiger partial charge on any atom is 0.164 e. The predicted octanol–water partition coefficient (Wildman–Crippen LogP) is 8.93. The molecule has 0 saturated carbocycles. The second-order valence-electron chi connectivity index (χ2n) is 11.2. The Hall–Kier alpha value is -5.28. The minimum atomic E-state index is -0.453. The third-order valence-corrected chi connectivity index (χ3v) is 9.06. The van der Waals surface area contributed by atoms with Gasteiger partial charge in [0.1, 0.15) is 11.9 Å². The van der Waals surface area contributed by atoms with Gasteiger partial charge in [0.05, 0.1) is 22.2 Å². The Labute approximate surface area is 244 Å². The van der Waals surface area contributed by atoms with Crippen LogP contribution in [0.5, 0.6) is 5.75 Å². The summed E-state index contributed by atoms with van der Waals surface area (Å²) in [5.41, 5.74) is 11.0. The Balaban J connectivity index is 1.37. The maximum absolute atomic E-state index is 7.00. The van der Waals surface area contributed by atoms with Crippen LogP contribution in [0.2, 0.25) is 0 Å². The highest BCUT2D eigenvalue weighted by atomic mass is 16.5. The average molecular weight is 539 g/mol. The topological polar surface area (TPSA) is 35.0 Å². The van der Waals surface area contributed by atoms with Gasteiger partial charge in [0.25, 0.3) is 0 Å². The van der Waals surface area contributed by atoms with E-state index in [0.717, 1.165) is 45.5 Å². The van der Waals surface area contributed by atoms with Crippen molar-refractivity contribution < 1.29 is 4.74 Å². The summed E-state index contributed by atoms with van der Waals surface area (Å²) in [5, 5.41) is 1.04. The molecule has 9 rings (SSSR count). The van der Waals surface area contributed by atoms with Crippen molar-refractivity contribution >= 4 is 10.9 Å². The van der Waals surface area contributed by atoms with Crippen LogP contribution in [0.25, 0.3) is 44.7 Å². The van der Waals surface area contributed by atoms with Crippen LogP contribution in [0.1, 0.15) is 23.1 Å². The van der Waals surface area contributed by atoms with Crippen molar-refractivity contribution in [3.8, 4) is 39.5 Å². The molecule has 2 aliphatic carbocycles. The molecule has 0 radical (unpaired) electrons. The van der Waals surface area contributed by atoms with Crippen molar-refractivity contribution in [1.82, 2.24) is 9.97 Å². The first kappa shape index (κ1) is 23.4. The van der Waals surface area contributed by atoms with Gasteiger partial charge in [-0.05, 0) is 40.0 Å². The lowest BCUT2D eigenvalue weighted by molar-refractivity contribution is 0.206. The molecule has 1 aromatic heterocycles. The SMILES string of the molecule is C1=CCC2Oc3c(-c4nc(-c5ccccc5)c5ccccc5n4)cccc3C3(C2=C1)c1ccccc1-c1ccccc13. The van der Waals surface area contributed by atoms with E-state index >= 15 is 0 Å². The number of hydrogen-bond donors (Lipinski definition) is 0. The summed E-state index contributed by atoms with van der Waals surface area (Å²) in [6.07, 6.45) is 7.41. The number of aromatic nitrogens is 2. The Bertz CT molecular complexity index is 2060. The zero-order valence-corrected chi connectivity index (χ0v) is 22.9. The number of benzene rings is 5. The molecule has 2 heterocycles. The van der Waals surface area contributed by atoms with Crippen molar-refractivity contribution in [2.75, 3.05) is 0 Å². The van der Waals surface area contributed by atoms with Gasteiger partial charge in [-0.1, -0.05) is 127 Å². The van der Waals surface area contributed by atoms with Crippen molar-refractivity contribution in [3.05, 3.63) is 162 Å². The lowest BCUT2D eigenvalue weighted by Gasteiger charge is -2.45. The fraction of sp³-hybridized carbons (Fsp3) is 0.0769. The number of hydrogen-bond acceptors (Lipinski definition) is 3. The number of fused-ring (bicyclic) bond motifs is 10. The molecule has 6 aromatic rings. The van der Waals surface area contributed by atoms with E-state index in [0.29, 0.717) is 5.82 Å². The minimum Gasteiger partial charge on any atom is -0.485 e. The lowest BCUT2D eigenvalue weighted by Crippen LogP contribution is -2.42. The van der Waals surface area contributed by atoms with E-state index in [9.17, 15) is 0 Å². The van der Waals surface area contributed by atoms with Gasteiger partial charge in [0, 0.05) is 22.9 Å². The molecular formula is C39H26N2O. The maximum atomic E-state index is 7.00. The van der Waals surface area contributed by atoms with E-state index in [1.807, 2.05) is 12.1 Å². The Morgan fingerprint density at radius 1 is 0.619 bits per heavy atom. The highest BCUT2D eigenvalue weighted by Crippen LogP contribution is 2.62. The molecule has 3 heteroatoms. The monoisotopic (exact) mass is 538 g/mol. The molecular weight excluding hydrogens is 512 g/mol. The second kappa shape index (κ2) is 8.86. The number of allylic oxidation sites excluding steroid dienone is 2. The second-order valence-corrected chi connectivity index (χ2v) is 11.2. The van der Waals surface area contributed by atoms with E-state index in [1.54, 1.807) is 0 Å². The molecule has 0 bridgehead atoms. The third-order valence-electron chi connectivity index (χ3n) is 9.06. The van der Waals surface area contributed by atoms with Crippen LogP contribution >= 0.6 is 0 Å². The minimum absolute atomic E-state index is 0.0862. The van der Waals surface area contributed by atoms with Crippen LogP contribution in [0.15, 0.2) is 145 Å². The molecule has 42 heavy (non-hydrogen) atoms. The fourth-order valence-corrected chi connectivity index (χ4v) is 7.37. The van der Waals surface area contributed by atoms with Gasteiger partial charge in [0.2, 0.25) is 0 Å². The van der Waals surface area contributed by atoms with Crippen molar-refractivity contribution in [1.29, 1.82) is 0 Å². The highest BCUT2D eigenvalue weighted by molar-refractivity contribution is 5.94. The molecule has 1 spiro atoms. The Morgan fingerprint density at radius 3 is 2.10 bits per heavy atom. The molecule has 0 fully saturated rings. The van der Waals surface area contributed by atoms with E-state index < -0.39 is 5.41 Å². The molecule has 0 N–H and O–H groups in total. The van der Waals surface area contributed by atoms with Crippen LogP contribution in [0.4, 0.5) is 0 Å². The quantitative estimate of drug-likeness (QED) is 0.221. The third kappa shape index (κ3) is 3.11. The standard InChI is InChI=1S/C39H26N2O/c1-2-13-25(14-3-1)36-28-17-6-10-23-34(28)40-38(41-36)29-18-12-22-33-37(29)42-35-24-11-9-21-32(35)39(33)30-19-7-4-15-26(30)27-16-5-8-20-31(27)39/h1-23,35H,24H2. The van der Waals surface area contributed by atoms with Gasteiger partial charge in [-0.3, -0.25) is 0 Å². The fourth-order valence-electron chi connectivity index (χ4n) is 7.37. The lowest BCUT2D eigenvalue weighted by atomic mass is 9.63. The first-order chi connectivity index (χ1) is 20.8. The molecule has 3 nitrogen and oxygen atoms in total. The summed E-state index contributed by atoms with van der Waals surface area (Å²) in [5.74, 6) is 1.55. The predicted molar refractivity (Wildman–Crippen MR) is 168 cm³/mol. The summed E-state index contributed by atoms with van der Waals surface area (Å²) >= 11 is 0. The van der Waals surface area contributed by atoms with Crippen molar-refractivity contribution in [2.24, 2.45) is 0 Å². The first-order valence-electron chi connectivity index (χ1n) is 14.5. The molecule has 0 amide bonds. The highest BCUT2D eigenvalue weighted by Gasteiger charge is 2.54. The van der Waals surface area contributed by atoms with Gasteiger partial charge < -0.3 is 4.74 Å². The first-order valence-corrected chi connectivity index (χ1v) is 14.5. The van der Waals surface area contributed by atoms with Gasteiger partial charge in [-0.2, -0.15) is 0 Å². The van der Waals surface area contributed by atoms with Crippen LogP contribution in [0.3, 0.4) is 0 Å². The largest absolute Gasteiger partial charge is 0.485 e. The normalized spacial score (nSPS) is 17.1. The summed E-state index contributed by atoms with van der Waals surface area (Å²) in [4.78, 5) is 10.4. The molecule has 1 unspecified atom stereocenters. The zero-order chi connectivity index (χ0) is 27.7. The van der Waals surface area contributed by atoms with Crippen molar-refractivity contribution in [3.63, 3.8) is 0 Å².